The van der Waals surface area contributed by atoms with Crippen LogP contribution in [-0.2, 0) is 6.54 Å². The molecular weight excluding hydrogens is 270 g/mol. The summed E-state index contributed by atoms with van der Waals surface area (Å²) in [6.07, 6.45) is 15.2. The van der Waals surface area contributed by atoms with E-state index in [0.717, 1.165) is 37.7 Å². The van der Waals surface area contributed by atoms with Crippen LogP contribution in [-0.4, -0.2) is 21.0 Å². The number of hydrogen-bond acceptors (Lipinski definition) is 5. The summed E-state index contributed by atoms with van der Waals surface area (Å²) < 4.78 is 1.97. The van der Waals surface area contributed by atoms with Gasteiger partial charge in [0.05, 0.1) is 11.3 Å². The highest BCUT2D eigenvalue weighted by Crippen LogP contribution is 2.07. The van der Waals surface area contributed by atoms with E-state index in [1.54, 1.807) is 12.5 Å². The molecule has 1 aliphatic carbocycles. The minimum Gasteiger partial charge on any atom is -0.366 e. The number of rotatable bonds is 8. The largest absolute Gasteiger partial charge is 0.366 e. The Labute approximate surface area is 123 Å². The van der Waals surface area contributed by atoms with Gasteiger partial charge in [-0.1, -0.05) is 12.2 Å². The van der Waals surface area contributed by atoms with Crippen molar-refractivity contribution in [2.75, 3.05) is 6.54 Å². The molecule has 0 amide bonds. The standard InChI is InChI=1S/C14H19N5O2/c20-19(21)11-14(17-13-5-2-1-3-6-13)16-7-4-9-18-10-8-15-12-18/h2,5-6,8,10-12,16-17H,1,3-4,7,9H2/b14-11+. The predicted molar refractivity (Wildman–Crippen MR) is 79.5 cm³/mol. The van der Waals surface area contributed by atoms with Crippen LogP contribution in [0.5, 0.6) is 0 Å². The van der Waals surface area contributed by atoms with Crippen molar-refractivity contribution in [1.82, 2.24) is 20.2 Å². The minimum absolute atomic E-state index is 0.406. The van der Waals surface area contributed by atoms with Crippen LogP contribution in [0.3, 0.4) is 0 Å². The monoisotopic (exact) mass is 289 g/mol. The molecule has 2 N–H and O–H groups in total. The van der Waals surface area contributed by atoms with E-state index in [9.17, 15) is 10.1 Å². The minimum atomic E-state index is -0.460. The van der Waals surface area contributed by atoms with Gasteiger partial charge in [0.25, 0.3) is 6.20 Å². The summed E-state index contributed by atoms with van der Waals surface area (Å²) in [7, 11) is 0. The molecule has 0 saturated carbocycles. The summed E-state index contributed by atoms with van der Waals surface area (Å²) >= 11 is 0. The van der Waals surface area contributed by atoms with Crippen molar-refractivity contribution in [2.24, 2.45) is 0 Å². The number of aromatic nitrogens is 2. The number of hydrogen-bond donors (Lipinski definition) is 2. The zero-order valence-corrected chi connectivity index (χ0v) is 11.7. The molecule has 1 aromatic rings. The smallest absolute Gasteiger partial charge is 0.274 e. The van der Waals surface area contributed by atoms with Gasteiger partial charge in [-0.2, -0.15) is 0 Å². The van der Waals surface area contributed by atoms with Gasteiger partial charge < -0.3 is 15.2 Å². The first-order valence-corrected chi connectivity index (χ1v) is 6.93. The number of nitrogens with one attached hydrogen (secondary N) is 2. The van der Waals surface area contributed by atoms with E-state index in [2.05, 4.69) is 15.6 Å². The average molecular weight is 289 g/mol. The lowest BCUT2D eigenvalue weighted by atomic mass is 10.1. The molecular formula is C14H19N5O2. The second kappa shape index (κ2) is 7.88. The normalized spacial score (nSPS) is 14.7. The van der Waals surface area contributed by atoms with Gasteiger partial charge in [-0.25, -0.2) is 4.98 Å². The lowest BCUT2D eigenvalue weighted by Crippen LogP contribution is -2.28. The maximum Gasteiger partial charge on any atom is 0.274 e. The number of nitrogens with zero attached hydrogens (tertiary/aromatic N) is 3. The fraction of sp³-hybridized carbons (Fsp3) is 0.357. The SMILES string of the molecule is O=[N+]([O-])/C=C(\NCCCn1ccnc1)NC1=CCCC=C1. The summed E-state index contributed by atoms with van der Waals surface area (Å²) in [5.41, 5.74) is 0.886. The first kappa shape index (κ1) is 14.8. The molecule has 7 nitrogen and oxygen atoms in total. The van der Waals surface area contributed by atoms with Gasteiger partial charge in [0.2, 0.25) is 0 Å². The second-order valence-electron chi connectivity index (χ2n) is 4.67. The Morgan fingerprint density at radius 2 is 2.43 bits per heavy atom. The number of nitro groups is 1. The van der Waals surface area contributed by atoms with Crippen LogP contribution in [0.4, 0.5) is 0 Å². The Hall–Kier alpha value is -2.57. The summed E-state index contributed by atoms with van der Waals surface area (Å²) in [5, 5.41) is 16.8. The topological polar surface area (TPSA) is 85.0 Å². The molecule has 0 unspecified atom stereocenters. The summed E-state index contributed by atoms with van der Waals surface area (Å²) in [6, 6.07) is 0. The summed E-state index contributed by atoms with van der Waals surface area (Å²) in [5.74, 6) is 0.406. The molecule has 7 heteroatoms. The van der Waals surface area contributed by atoms with E-state index in [4.69, 9.17) is 0 Å². The number of aryl methyl sites for hydroxylation is 1. The Bertz CT molecular complexity index is 546. The van der Waals surface area contributed by atoms with Crippen LogP contribution in [0.15, 0.2) is 54.7 Å². The van der Waals surface area contributed by atoms with E-state index in [1.807, 2.05) is 29.0 Å². The van der Waals surface area contributed by atoms with Crippen LogP contribution in [0, 0.1) is 10.1 Å². The maximum atomic E-state index is 10.7. The molecule has 21 heavy (non-hydrogen) atoms. The zero-order valence-electron chi connectivity index (χ0n) is 11.7. The highest BCUT2D eigenvalue weighted by molar-refractivity contribution is 5.23. The highest BCUT2D eigenvalue weighted by atomic mass is 16.6. The second-order valence-corrected chi connectivity index (χ2v) is 4.67. The number of imidazole rings is 1. The Kier molecular flexibility index (Phi) is 5.57. The lowest BCUT2D eigenvalue weighted by Gasteiger charge is -2.14. The van der Waals surface area contributed by atoms with Crippen molar-refractivity contribution in [2.45, 2.75) is 25.8 Å². The van der Waals surface area contributed by atoms with Crippen molar-refractivity contribution < 1.29 is 4.92 Å². The quantitative estimate of drug-likeness (QED) is 0.433. The number of allylic oxidation sites excluding steroid dienone is 3. The van der Waals surface area contributed by atoms with Gasteiger partial charge in [-0.05, 0) is 25.3 Å². The van der Waals surface area contributed by atoms with Crippen LogP contribution < -0.4 is 10.6 Å². The van der Waals surface area contributed by atoms with Gasteiger partial charge >= 0.3 is 0 Å². The Morgan fingerprint density at radius 1 is 1.52 bits per heavy atom. The highest BCUT2D eigenvalue weighted by Gasteiger charge is 2.05. The van der Waals surface area contributed by atoms with Crippen molar-refractivity contribution in [3.63, 3.8) is 0 Å². The van der Waals surface area contributed by atoms with Crippen molar-refractivity contribution in [3.8, 4) is 0 Å². The molecule has 1 aromatic heterocycles. The third-order valence-electron chi connectivity index (χ3n) is 2.98. The van der Waals surface area contributed by atoms with Gasteiger partial charge in [0.1, 0.15) is 0 Å². The predicted octanol–water partition coefficient (Wildman–Crippen LogP) is 1.76. The van der Waals surface area contributed by atoms with Crippen molar-refractivity contribution in [1.29, 1.82) is 0 Å². The van der Waals surface area contributed by atoms with E-state index in [1.165, 1.54) is 0 Å². The van der Waals surface area contributed by atoms with E-state index < -0.39 is 4.92 Å². The Morgan fingerprint density at radius 3 is 3.10 bits per heavy atom. The van der Waals surface area contributed by atoms with Crippen LogP contribution >= 0.6 is 0 Å². The molecule has 0 bridgehead atoms. The lowest BCUT2D eigenvalue weighted by molar-refractivity contribution is -0.404. The fourth-order valence-electron chi connectivity index (χ4n) is 1.99. The molecule has 0 aliphatic heterocycles. The summed E-state index contributed by atoms with van der Waals surface area (Å²) in [4.78, 5) is 14.2. The molecule has 0 radical (unpaired) electrons. The van der Waals surface area contributed by atoms with Gasteiger partial charge in [0.15, 0.2) is 5.82 Å². The zero-order chi connectivity index (χ0) is 14.9. The molecule has 0 fully saturated rings. The third kappa shape index (κ3) is 5.52. The van der Waals surface area contributed by atoms with Crippen molar-refractivity contribution >= 4 is 0 Å². The maximum absolute atomic E-state index is 10.7. The first-order chi connectivity index (χ1) is 10.2. The van der Waals surface area contributed by atoms with Crippen LogP contribution in [0.2, 0.25) is 0 Å². The van der Waals surface area contributed by atoms with E-state index in [0.29, 0.717) is 12.4 Å². The summed E-state index contributed by atoms with van der Waals surface area (Å²) in [6.45, 7) is 1.46. The van der Waals surface area contributed by atoms with Gasteiger partial charge in [0, 0.05) is 31.2 Å². The Balaban J connectivity index is 1.80. The fourth-order valence-corrected chi connectivity index (χ4v) is 1.99. The van der Waals surface area contributed by atoms with E-state index >= 15 is 0 Å². The molecule has 2 rings (SSSR count). The molecule has 112 valence electrons. The average Bonchev–Trinajstić information content (AvgIpc) is 2.97. The molecule has 0 aromatic carbocycles. The third-order valence-corrected chi connectivity index (χ3v) is 2.98. The van der Waals surface area contributed by atoms with Crippen LogP contribution in [0.1, 0.15) is 19.3 Å². The molecule has 1 aliphatic rings. The van der Waals surface area contributed by atoms with Crippen LogP contribution in [0.25, 0.3) is 0 Å². The first-order valence-electron chi connectivity index (χ1n) is 6.93. The van der Waals surface area contributed by atoms with E-state index in [-0.39, 0.29) is 0 Å². The molecule has 1 heterocycles. The van der Waals surface area contributed by atoms with Gasteiger partial charge in [-0.3, -0.25) is 10.1 Å². The molecule has 0 spiro atoms. The molecule has 0 atom stereocenters. The molecule has 0 saturated heterocycles. The van der Waals surface area contributed by atoms with Gasteiger partial charge in [-0.15, -0.1) is 0 Å². The van der Waals surface area contributed by atoms with Crippen molar-refractivity contribution in [3.05, 3.63) is 64.8 Å².